The number of nitrogens with zero attached hydrogens (tertiary/aromatic N) is 2. The van der Waals surface area contributed by atoms with Crippen LogP contribution in [0.3, 0.4) is 0 Å². The van der Waals surface area contributed by atoms with Gasteiger partial charge in [-0.3, -0.25) is 4.79 Å². The van der Waals surface area contributed by atoms with Gasteiger partial charge in [-0.1, -0.05) is 23.4 Å². The Labute approximate surface area is 133 Å². The van der Waals surface area contributed by atoms with Gasteiger partial charge < -0.3 is 9.09 Å². The van der Waals surface area contributed by atoms with E-state index in [-0.39, 0.29) is 11.4 Å². The molecule has 0 saturated heterocycles. The summed E-state index contributed by atoms with van der Waals surface area (Å²) in [7, 11) is 0. The number of halogens is 1. The van der Waals surface area contributed by atoms with Crippen LogP contribution < -0.4 is 5.56 Å². The largest absolute Gasteiger partial charge is 0.361 e. The van der Waals surface area contributed by atoms with Gasteiger partial charge in [0.2, 0.25) is 0 Å². The lowest BCUT2D eigenvalue weighted by Crippen LogP contribution is -2.23. The molecule has 1 unspecified atom stereocenters. The van der Waals surface area contributed by atoms with Gasteiger partial charge >= 0.3 is 0 Å². The molecular formula is C18H17FN2O2. The Kier molecular flexibility index (Phi) is 3.86. The molecule has 1 atom stereocenters. The maximum Gasteiger partial charge on any atom is 0.251 e. The molecule has 0 N–H and O–H groups in total. The first-order valence-electron chi connectivity index (χ1n) is 7.39. The predicted molar refractivity (Wildman–Crippen MR) is 85.9 cm³/mol. The van der Waals surface area contributed by atoms with Gasteiger partial charge in [-0.25, -0.2) is 4.39 Å². The van der Waals surface area contributed by atoms with Gasteiger partial charge in [-0.05, 0) is 32.9 Å². The molecule has 0 aliphatic carbocycles. The van der Waals surface area contributed by atoms with E-state index in [2.05, 4.69) is 5.16 Å². The summed E-state index contributed by atoms with van der Waals surface area (Å²) in [5, 5.41) is 3.94. The van der Waals surface area contributed by atoms with E-state index < -0.39 is 6.04 Å². The first-order valence-corrected chi connectivity index (χ1v) is 7.39. The van der Waals surface area contributed by atoms with Crippen LogP contribution in [-0.2, 0) is 0 Å². The van der Waals surface area contributed by atoms with Crippen LogP contribution in [0.5, 0.6) is 0 Å². The van der Waals surface area contributed by atoms with Crippen LogP contribution in [0.4, 0.5) is 4.39 Å². The van der Waals surface area contributed by atoms with Crippen molar-refractivity contribution >= 4 is 0 Å². The average Bonchev–Trinajstić information content (AvgIpc) is 2.87. The highest BCUT2D eigenvalue weighted by atomic mass is 19.1. The molecule has 0 fully saturated rings. The monoisotopic (exact) mass is 312 g/mol. The molecule has 3 rings (SSSR count). The van der Waals surface area contributed by atoms with Gasteiger partial charge in [0.1, 0.15) is 11.6 Å². The fourth-order valence-electron chi connectivity index (χ4n) is 2.81. The molecule has 0 bridgehead atoms. The molecule has 23 heavy (non-hydrogen) atoms. The minimum absolute atomic E-state index is 0.184. The van der Waals surface area contributed by atoms with Crippen LogP contribution in [0.1, 0.15) is 30.0 Å². The Morgan fingerprint density at radius 1 is 1.17 bits per heavy atom. The van der Waals surface area contributed by atoms with E-state index in [0.717, 1.165) is 16.8 Å². The Morgan fingerprint density at radius 2 is 1.91 bits per heavy atom. The van der Waals surface area contributed by atoms with E-state index >= 15 is 0 Å². The Hall–Kier alpha value is -2.69. The maximum absolute atomic E-state index is 14.0. The lowest BCUT2D eigenvalue weighted by Gasteiger charge is -2.17. The number of pyridine rings is 1. The van der Waals surface area contributed by atoms with Crippen molar-refractivity contribution in [2.24, 2.45) is 0 Å². The minimum atomic E-state index is -0.413. The molecule has 0 aliphatic heterocycles. The van der Waals surface area contributed by atoms with Gasteiger partial charge in [0.15, 0.2) is 0 Å². The highest BCUT2D eigenvalue weighted by Crippen LogP contribution is 2.27. The number of aromatic nitrogens is 2. The molecule has 3 aromatic rings. The summed E-state index contributed by atoms with van der Waals surface area (Å²) in [6, 6.07) is 9.29. The standard InChI is InChI=1S/C18H17FN2O2/c1-11-18(13(3)23-20-11)14-8-9-17(22)21(10-14)12(2)15-6-4-5-7-16(15)19/h4-10,12H,1-3H3. The summed E-state index contributed by atoms with van der Waals surface area (Å²) in [6.07, 6.45) is 1.73. The third kappa shape index (κ3) is 2.70. The van der Waals surface area contributed by atoms with Crippen LogP contribution in [0, 0.1) is 19.7 Å². The number of aryl methyl sites for hydroxylation is 2. The van der Waals surface area contributed by atoms with Crippen LogP contribution in [0.25, 0.3) is 11.1 Å². The zero-order valence-electron chi connectivity index (χ0n) is 13.2. The summed E-state index contributed by atoms with van der Waals surface area (Å²) >= 11 is 0. The van der Waals surface area contributed by atoms with Crippen molar-refractivity contribution in [1.29, 1.82) is 0 Å². The van der Waals surface area contributed by atoms with Crippen LogP contribution >= 0.6 is 0 Å². The quantitative estimate of drug-likeness (QED) is 0.737. The maximum atomic E-state index is 14.0. The molecule has 4 nitrogen and oxygen atoms in total. The fourth-order valence-corrected chi connectivity index (χ4v) is 2.81. The molecule has 5 heteroatoms. The Bertz CT molecular complexity index is 892. The van der Waals surface area contributed by atoms with Gasteiger partial charge in [0, 0.05) is 29.0 Å². The fraction of sp³-hybridized carbons (Fsp3) is 0.222. The second-order valence-electron chi connectivity index (χ2n) is 5.56. The van der Waals surface area contributed by atoms with E-state index in [1.807, 2.05) is 13.8 Å². The topological polar surface area (TPSA) is 48.0 Å². The molecule has 2 heterocycles. The van der Waals surface area contributed by atoms with Gasteiger partial charge in [0.05, 0.1) is 11.7 Å². The van der Waals surface area contributed by atoms with Crippen molar-refractivity contribution in [3.05, 3.63) is 75.8 Å². The van der Waals surface area contributed by atoms with Crippen LogP contribution in [0.2, 0.25) is 0 Å². The predicted octanol–water partition coefficient (Wildman–Crippen LogP) is 3.87. The molecule has 2 aromatic heterocycles. The smallest absolute Gasteiger partial charge is 0.251 e. The Morgan fingerprint density at radius 3 is 2.57 bits per heavy atom. The third-order valence-corrected chi connectivity index (χ3v) is 4.03. The molecule has 0 spiro atoms. The zero-order valence-corrected chi connectivity index (χ0v) is 13.2. The van der Waals surface area contributed by atoms with Gasteiger partial charge in [-0.15, -0.1) is 0 Å². The van der Waals surface area contributed by atoms with E-state index in [4.69, 9.17) is 4.52 Å². The summed E-state index contributed by atoms with van der Waals surface area (Å²) in [4.78, 5) is 12.2. The van der Waals surface area contributed by atoms with Crippen molar-refractivity contribution < 1.29 is 8.91 Å². The molecule has 0 saturated carbocycles. The second kappa shape index (κ2) is 5.83. The van der Waals surface area contributed by atoms with Crippen LogP contribution in [0.15, 0.2) is 51.9 Å². The highest BCUT2D eigenvalue weighted by molar-refractivity contribution is 5.66. The van der Waals surface area contributed by atoms with E-state index in [1.54, 1.807) is 37.4 Å². The normalized spacial score (nSPS) is 12.3. The zero-order chi connectivity index (χ0) is 16.6. The summed E-state index contributed by atoms with van der Waals surface area (Å²) in [5.74, 6) is 0.362. The van der Waals surface area contributed by atoms with Gasteiger partial charge in [0.25, 0.3) is 5.56 Å². The molecular weight excluding hydrogens is 295 g/mol. The van der Waals surface area contributed by atoms with Crippen molar-refractivity contribution in [2.75, 3.05) is 0 Å². The van der Waals surface area contributed by atoms with Crippen molar-refractivity contribution in [2.45, 2.75) is 26.8 Å². The molecule has 0 aliphatic rings. The average molecular weight is 312 g/mol. The number of hydrogen-bond donors (Lipinski definition) is 0. The van der Waals surface area contributed by atoms with Crippen molar-refractivity contribution in [3.63, 3.8) is 0 Å². The first kappa shape index (κ1) is 15.2. The van der Waals surface area contributed by atoms with E-state index in [0.29, 0.717) is 11.3 Å². The van der Waals surface area contributed by atoms with Gasteiger partial charge in [-0.2, -0.15) is 0 Å². The van der Waals surface area contributed by atoms with Crippen molar-refractivity contribution in [3.8, 4) is 11.1 Å². The molecule has 1 aromatic carbocycles. The summed E-state index contributed by atoms with van der Waals surface area (Å²) < 4.78 is 20.7. The van der Waals surface area contributed by atoms with Crippen LogP contribution in [-0.4, -0.2) is 9.72 Å². The summed E-state index contributed by atoms with van der Waals surface area (Å²) in [6.45, 7) is 5.48. The summed E-state index contributed by atoms with van der Waals surface area (Å²) in [5.41, 5.74) is 2.73. The Balaban J connectivity index is 2.12. The second-order valence-corrected chi connectivity index (χ2v) is 5.56. The number of rotatable bonds is 3. The highest BCUT2D eigenvalue weighted by Gasteiger charge is 2.17. The first-order chi connectivity index (χ1) is 11.0. The lowest BCUT2D eigenvalue weighted by molar-refractivity contribution is 0.393. The van der Waals surface area contributed by atoms with E-state index in [1.165, 1.54) is 16.7 Å². The molecule has 118 valence electrons. The van der Waals surface area contributed by atoms with Crippen molar-refractivity contribution in [1.82, 2.24) is 9.72 Å². The lowest BCUT2D eigenvalue weighted by atomic mass is 10.0. The SMILES string of the molecule is Cc1noc(C)c1-c1ccc(=O)n(C(C)c2ccccc2F)c1. The number of hydrogen-bond acceptors (Lipinski definition) is 3. The van der Waals surface area contributed by atoms with E-state index in [9.17, 15) is 9.18 Å². The molecule has 0 amide bonds. The minimum Gasteiger partial charge on any atom is -0.361 e. The number of benzene rings is 1. The molecule has 0 radical (unpaired) electrons. The third-order valence-electron chi connectivity index (χ3n) is 4.03.